The highest BCUT2D eigenvalue weighted by Gasteiger charge is 2.52. The smallest absolute Gasteiger partial charge is 0.268 e. The topological polar surface area (TPSA) is 108 Å². The van der Waals surface area contributed by atoms with Crippen LogP contribution in [0.25, 0.3) is 11.1 Å². The Morgan fingerprint density at radius 1 is 1.16 bits per heavy atom. The number of hydrogen-bond acceptors (Lipinski definition) is 6. The predicted octanol–water partition coefficient (Wildman–Crippen LogP) is 3.12. The van der Waals surface area contributed by atoms with E-state index >= 15 is 4.39 Å². The molecule has 0 radical (unpaired) electrons. The molecular formula is C22H15F3N6O. The number of likely N-dealkylation sites (N-methyl/N-ethyl adjacent to an activating group) is 1. The first-order chi connectivity index (χ1) is 15.3. The Labute approximate surface area is 180 Å². The summed E-state index contributed by atoms with van der Waals surface area (Å²) in [5.41, 5.74) is 4.19. The van der Waals surface area contributed by atoms with E-state index in [-0.39, 0.29) is 22.8 Å². The lowest BCUT2D eigenvalue weighted by Crippen LogP contribution is -2.42. The minimum atomic E-state index is -2.83. The number of guanidine groups is 1. The van der Waals surface area contributed by atoms with Crippen molar-refractivity contribution >= 4 is 11.9 Å². The van der Waals surface area contributed by atoms with Crippen LogP contribution >= 0.6 is 0 Å². The molecule has 0 saturated heterocycles. The van der Waals surface area contributed by atoms with Crippen LogP contribution in [0.1, 0.15) is 28.8 Å². The summed E-state index contributed by atoms with van der Waals surface area (Å²) in [6.45, 7) is 0. The lowest BCUT2D eigenvalue weighted by Gasteiger charge is -2.26. The molecule has 0 aliphatic carbocycles. The molecule has 1 aliphatic rings. The molecule has 32 heavy (non-hydrogen) atoms. The molecule has 1 aliphatic heterocycles. The average molecular weight is 436 g/mol. The van der Waals surface area contributed by atoms with Crippen molar-refractivity contribution in [2.24, 2.45) is 10.7 Å². The standard InChI is InChI=1S/C22H15F3N6O/c1-31-20(32)22(30-21(31)27,18-8-14(19(24)25)4-5-29-18)16-7-13(2-3-17(16)23)15-6-12(9-26)10-28-11-15/h2-8,10-11,19H,1H3,(H2,27,30). The Balaban J connectivity index is 1.99. The van der Waals surface area contributed by atoms with Gasteiger partial charge in [0.2, 0.25) is 5.54 Å². The van der Waals surface area contributed by atoms with Crippen LogP contribution in [-0.2, 0) is 10.3 Å². The summed E-state index contributed by atoms with van der Waals surface area (Å²) in [4.78, 5) is 26.6. The zero-order valence-electron chi connectivity index (χ0n) is 16.6. The Bertz CT molecular complexity index is 1300. The average Bonchev–Trinajstić information content (AvgIpc) is 3.04. The molecular weight excluding hydrogens is 421 g/mol. The van der Waals surface area contributed by atoms with E-state index in [0.717, 1.165) is 29.3 Å². The molecule has 0 fully saturated rings. The second-order valence-electron chi connectivity index (χ2n) is 7.09. The first-order valence-corrected chi connectivity index (χ1v) is 9.31. The number of benzene rings is 1. The third kappa shape index (κ3) is 3.24. The van der Waals surface area contributed by atoms with Crippen molar-refractivity contribution in [3.63, 3.8) is 0 Å². The fourth-order valence-electron chi connectivity index (χ4n) is 3.54. The van der Waals surface area contributed by atoms with Gasteiger partial charge in [0.25, 0.3) is 12.3 Å². The van der Waals surface area contributed by atoms with Crippen molar-refractivity contribution in [3.05, 3.63) is 83.2 Å². The van der Waals surface area contributed by atoms with Crippen molar-refractivity contribution < 1.29 is 18.0 Å². The van der Waals surface area contributed by atoms with E-state index in [1.807, 2.05) is 6.07 Å². The van der Waals surface area contributed by atoms with E-state index in [1.54, 1.807) is 6.07 Å². The molecule has 0 bridgehead atoms. The molecule has 2 aromatic heterocycles. The summed E-state index contributed by atoms with van der Waals surface area (Å²) in [5, 5.41) is 9.13. The normalized spacial score (nSPS) is 18.1. The lowest BCUT2D eigenvalue weighted by atomic mass is 9.83. The maximum atomic E-state index is 15.2. The monoisotopic (exact) mass is 436 g/mol. The fraction of sp³-hybridized carbons (Fsp3) is 0.136. The molecule has 4 rings (SSSR count). The molecule has 3 aromatic rings. The van der Waals surface area contributed by atoms with Gasteiger partial charge in [-0.3, -0.25) is 19.7 Å². The number of rotatable bonds is 4. The van der Waals surface area contributed by atoms with Crippen LogP contribution in [0, 0.1) is 17.1 Å². The SMILES string of the molecule is CN1C(=O)C(c2cc(C(F)F)ccn2)(c2cc(-c3cncc(C#N)c3)ccc2F)N=C1N. The van der Waals surface area contributed by atoms with Crippen LogP contribution in [0.2, 0.25) is 0 Å². The van der Waals surface area contributed by atoms with Gasteiger partial charge in [-0.15, -0.1) is 0 Å². The van der Waals surface area contributed by atoms with Crippen LogP contribution in [-0.4, -0.2) is 33.8 Å². The maximum Gasteiger partial charge on any atom is 0.268 e. The van der Waals surface area contributed by atoms with Crippen LogP contribution in [0.15, 0.2) is 60.0 Å². The number of hydrogen-bond donors (Lipinski definition) is 1. The number of carbonyl (C=O) groups excluding carboxylic acids is 1. The zero-order valence-corrected chi connectivity index (χ0v) is 16.6. The highest BCUT2D eigenvalue weighted by molar-refractivity contribution is 6.08. The third-order valence-corrected chi connectivity index (χ3v) is 5.20. The summed E-state index contributed by atoms with van der Waals surface area (Å²) < 4.78 is 41.9. The van der Waals surface area contributed by atoms with Gasteiger partial charge in [0.05, 0.1) is 11.3 Å². The van der Waals surface area contributed by atoms with Crippen LogP contribution < -0.4 is 5.73 Å². The van der Waals surface area contributed by atoms with Crippen LogP contribution in [0.4, 0.5) is 13.2 Å². The number of alkyl halides is 2. The predicted molar refractivity (Wildman–Crippen MR) is 109 cm³/mol. The van der Waals surface area contributed by atoms with Gasteiger partial charge in [0.1, 0.15) is 11.9 Å². The summed E-state index contributed by atoms with van der Waals surface area (Å²) in [7, 11) is 1.35. The number of nitriles is 1. The summed E-state index contributed by atoms with van der Waals surface area (Å²) in [5.74, 6) is -1.76. The van der Waals surface area contributed by atoms with Gasteiger partial charge in [0, 0.05) is 42.3 Å². The largest absolute Gasteiger partial charge is 0.369 e. The van der Waals surface area contributed by atoms with Crippen LogP contribution in [0.3, 0.4) is 0 Å². The van der Waals surface area contributed by atoms with Crippen molar-refractivity contribution in [2.75, 3.05) is 7.05 Å². The summed E-state index contributed by atoms with van der Waals surface area (Å²) >= 11 is 0. The fourth-order valence-corrected chi connectivity index (χ4v) is 3.54. The molecule has 160 valence electrons. The Kier molecular flexibility index (Phi) is 5.10. The summed E-state index contributed by atoms with van der Waals surface area (Å²) in [6.07, 6.45) is 1.12. The molecule has 3 heterocycles. The molecule has 1 unspecified atom stereocenters. The molecule has 0 spiro atoms. The van der Waals surface area contributed by atoms with Gasteiger partial charge in [0.15, 0.2) is 5.96 Å². The first kappa shape index (κ1) is 21.0. The lowest BCUT2D eigenvalue weighted by molar-refractivity contribution is -0.129. The van der Waals surface area contributed by atoms with E-state index in [2.05, 4.69) is 15.0 Å². The van der Waals surface area contributed by atoms with Gasteiger partial charge in [-0.25, -0.2) is 18.2 Å². The number of amides is 1. The van der Waals surface area contributed by atoms with Crippen molar-refractivity contribution in [1.82, 2.24) is 14.9 Å². The van der Waals surface area contributed by atoms with E-state index in [0.29, 0.717) is 11.1 Å². The van der Waals surface area contributed by atoms with Gasteiger partial charge >= 0.3 is 0 Å². The summed E-state index contributed by atoms with van der Waals surface area (Å²) in [6, 6.07) is 9.57. The zero-order chi connectivity index (χ0) is 23.0. The first-order valence-electron chi connectivity index (χ1n) is 9.31. The van der Waals surface area contributed by atoms with Gasteiger partial charge in [-0.1, -0.05) is 6.07 Å². The molecule has 7 nitrogen and oxygen atoms in total. The molecule has 1 aromatic carbocycles. The van der Waals surface area contributed by atoms with Gasteiger partial charge in [-0.2, -0.15) is 5.26 Å². The highest BCUT2D eigenvalue weighted by Crippen LogP contribution is 2.41. The van der Waals surface area contributed by atoms with E-state index in [4.69, 9.17) is 11.0 Å². The van der Waals surface area contributed by atoms with Crippen molar-refractivity contribution in [3.8, 4) is 17.2 Å². The number of aliphatic imine (C=N–C) groups is 1. The second-order valence-corrected chi connectivity index (χ2v) is 7.09. The quantitative estimate of drug-likeness (QED) is 0.676. The Morgan fingerprint density at radius 2 is 1.94 bits per heavy atom. The maximum absolute atomic E-state index is 15.2. The number of aromatic nitrogens is 2. The van der Waals surface area contributed by atoms with E-state index in [9.17, 15) is 13.6 Å². The van der Waals surface area contributed by atoms with Crippen molar-refractivity contribution in [1.29, 1.82) is 5.26 Å². The number of halogens is 3. The van der Waals surface area contributed by atoms with Gasteiger partial charge < -0.3 is 5.73 Å². The molecule has 10 heteroatoms. The minimum Gasteiger partial charge on any atom is -0.369 e. The molecule has 2 N–H and O–H groups in total. The number of nitrogens with zero attached hydrogens (tertiary/aromatic N) is 5. The third-order valence-electron chi connectivity index (χ3n) is 5.20. The minimum absolute atomic E-state index is 0.187. The number of carbonyl (C=O) groups is 1. The number of nitrogens with two attached hydrogens (primary N) is 1. The van der Waals surface area contributed by atoms with E-state index in [1.165, 1.54) is 31.6 Å². The molecule has 1 amide bonds. The number of pyridine rings is 2. The van der Waals surface area contributed by atoms with Gasteiger partial charge in [-0.05, 0) is 35.9 Å². The molecule has 0 saturated carbocycles. The Hall–Kier alpha value is -4.26. The second kappa shape index (κ2) is 7.77. The Morgan fingerprint density at radius 3 is 2.59 bits per heavy atom. The van der Waals surface area contributed by atoms with Crippen LogP contribution in [0.5, 0.6) is 0 Å². The van der Waals surface area contributed by atoms with E-state index < -0.39 is 29.3 Å². The highest BCUT2D eigenvalue weighted by atomic mass is 19.3. The molecule has 1 atom stereocenters. The van der Waals surface area contributed by atoms with Crippen molar-refractivity contribution in [2.45, 2.75) is 12.0 Å².